The molecular formula is C11H10ClF6N. The summed E-state index contributed by atoms with van der Waals surface area (Å²) in [5.41, 5.74) is 4.32. The standard InChI is InChI=1S/C11H10ClF6N/c12-8-2-1-6(5-7(8)11(16,17)18)9(19)3-4-10(13,14)15/h1-2,5,9H,3-4,19H2/t9-/m0/s1. The van der Waals surface area contributed by atoms with E-state index < -0.39 is 41.8 Å². The minimum absolute atomic E-state index is 0.0269. The highest BCUT2D eigenvalue weighted by Crippen LogP contribution is 2.36. The monoisotopic (exact) mass is 305 g/mol. The Bertz CT molecular complexity index is 440. The molecule has 0 amide bonds. The van der Waals surface area contributed by atoms with Crippen molar-refractivity contribution in [1.29, 1.82) is 0 Å². The summed E-state index contributed by atoms with van der Waals surface area (Å²) in [4.78, 5) is 0. The van der Waals surface area contributed by atoms with Crippen molar-refractivity contribution in [3.8, 4) is 0 Å². The normalized spacial score (nSPS) is 14.5. The van der Waals surface area contributed by atoms with Crippen molar-refractivity contribution in [2.24, 2.45) is 5.73 Å². The molecule has 0 spiro atoms. The highest BCUT2D eigenvalue weighted by atomic mass is 35.5. The van der Waals surface area contributed by atoms with Gasteiger partial charge in [-0.25, -0.2) is 0 Å². The van der Waals surface area contributed by atoms with Crippen LogP contribution < -0.4 is 5.73 Å². The predicted octanol–water partition coefficient (Wildman–Crippen LogP) is 4.70. The van der Waals surface area contributed by atoms with Crippen molar-refractivity contribution < 1.29 is 26.3 Å². The van der Waals surface area contributed by atoms with E-state index in [1.807, 2.05) is 0 Å². The molecule has 1 atom stereocenters. The lowest BCUT2D eigenvalue weighted by Gasteiger charge is -2.16. The highest BCUT2D eigenvalue weighted by molar-refractivity contribution is 6.31. The van der Waals surface area contributed by atoms with E-state index >= 15 is 0 Å². The second kappa shape index (κ2) is 5.58. The zero-order chi connectivity index (χ0) is 14.8. The van der Waals surface area contributed by atoms with Crippen molar-refractivity contribution >= 4 is 11.6 Å². The van der Waals surface area contributed by atoms with Crippen LogP contribution in [0.15, 0.2) is 18.2 Å². The summed E-state index contributed by atoms with van der Waals surface area (Å²) in [6.45, 7) is 0. The van der Waals surface area contributed by atoms with Crippen molar-refractivity contribution in [3.63, 3.8) is 0 Å². The highest BCUT2D eigenvalue weighted by Gasteiger charge is 2.34. The first-order valence-corrected chi connectivity index (χ1v) is 5.57. The zero-order valence-electron chi connectivity index (χ0n) is 9.45. The number of rotatable bonds is 3. The molecular weight excluding hydrogens is 296 g/mol. The lowest BCUT2D eigenvalue weighted by molar-refractivity contribution is -0.138. The molecule has 1 nitrogen and oxygen atoms in total. The average Bonchev–Trinajstić information content (AvgIpc) is 2.24. The van der Waals surface area contributed by atoms with E-state index in [0.717, 1.165) is 6.07 Å². The van der Waals surface area contributed by atoms with E-state index in [-0.39, 0.29) is 5.56 Å². The summed E-state index contributed by atoms with van der Waals surface area (Å²) in [7, 11) is 0. The fourth-order valence-corrected chi connectivity index (χ4v) is 1.70. The molecule has 0 aliphatic heterocycles. The van der Waals surface area contributed by atoms with Gasteiger partial charge in [-0.15, -0.1) is 0 Å². The SMILES string of the molecule is N[C@@H](CCC(F)(F)F)c1ccc(Cl)c(C(F)(F)F)c1. The number of alkyl halides is 6. The summed E-state index contributed by atoms with van der Waals surface area (Å²) in [5.74, 6) is 0. The average molecular weight is 306 g/mol. The fraction of sp³-hybridized carbons (Fsp3) is 0.455. The van der Waals surface area contributed by atoms with Gasteiger partial charge in [-0.2, -0.15) is 26.3 Å². The topological polar surface area (TPSA) is 26.0 Å². The summed E-state index contributed by atoms with van der Waals surface area (Å²) in [5, 5.41) is -0.515. The van der Waals surface area contributed by atoms with Crippen molar-refractivity contribution in [2.45, 2.75) is 31.2 Å². The van der Waals surface area contributed by atoms with Gasteiger partial charge in [0.15, 0.2) is 0 Å². The molecule has 0 saturated heterocycles. The molecule has 0 aliphatic rings. The molecule has 0 aromatic heterocycles. The smallest absolute Gasteiger partial charge is 0.324 e. The van der Waals surface area contributed by atoms with Crippen LogP contribution in [0.25, 0.3) is 0 Å². The summed E-state index contributed by atoms with van der Waals surface area (Å²) >= 11 is 5.39. The van der Waals surface area contributed by atoms with Crippen molar-refractivity contribution in [2.75, 3.05) is 0 Å². The van der Waals surface area contributed by atoms with Crippen LogP contribution in [-0.4, -0.2) is 6.18 Å². The van der Waals surface area contributed by atoms with E-state index in [4.69, 9.17) is 17.3 Å². The van der Waals surface area contributed by atoms with Crippen LogP contribution in [0, 0.1) is 0 Å². The van der Waals surface area contributed by atoms with Crippen LogP contribution >= 0.6 is 11.6 Å². The van der Waals surface area contributed by atoms with Gasteiger partial charge in [0, 0.05) is 12.5 Å². The minimum atomic E-state index is -4.67. The van der Waals surface area contributed by atoms with E-state index in [9.17, 15) is 26.3 Å². The molecule has 0 fully saturated rings. The van der Waals surface area contributed by atoms with E-state index in [1.165, 1.54) is 6.07 Å². The Morgan fingerprint density at radius 2 is 1.68 bits per heavy atom. The fourth-order valence-electron chi connectivity index (χ4n) is 1.48. The zero-order valence-corrected chi connectivity index (χ0v) is 10.2. The Morgan fingerprint density at radius 3 is 2.16 bits per heavy atom. The first-order valence-electron chi connectivity index (χ1n) is 5.19. The molecule has 108 valence electrons. The van der Waals surface area contributed by atoms with E-state index in [0.29, 0.717) is 6.07 Å². The van der Waals surface area contributed by atoms with Crippen LogP contribution in [-0.2, 0) is 6.18 Å². The van der Waals surface area contributed by atoms with Crippen LogP contribution in [0.5, 0.6) is 0 Å². The molecule has 1 aromatic carbocycles. The van der Waals surface area contributed by atoms with Crippen LogP contribution in [0.1, 0.15) is 30.0 Å². The van der Waals surface area contributed by atoms with Gasteiger partial charge < -0.3 is 5.73 Å². The second-order valence-corrected chi connectivity index (χ2v) is 4.40. The summed E-state index contributed by atoms with van der Waals surface area (Å²) in [6.07, 6.45) is -10.7. The Kier molecular flexibility index (Phi) is 4.73. The van der Waals surface area contributed by atoms with Crippen LogP contribution in [0.4, 0.5) is 26.3 Å². The lowest BCUT2D eigenvalue weighted by Crippen LogP contribution is -2.17. The molecule has 0 radical (unpaired) electrons. The molecule has 0 saturated carbocycles. The Morgan fingerprint density at radius 1 is 1.11 bits per heavy atom. The van der Waals surface area contributed by atoms with Crippen molar-refractivity contribution in [1.82, 2.24) is 0 Å². The Balaban J connectivity index is 2.90. The second-order valence-electron chi connectivity index (χ2n) is 4.00. The maximum Gasteiger partial charge on any atom is 0.417 e. The van der Waals surface area contributed by atoms with Gasteiger partial charge >= 0.3 is 12.4 Å². The number of hydrogen-bond donors (Lipinski definition) is 1. The van der Waals surface area contributed by atoms with E-state index in [1.54, 1.807) is 0 Å². The maximum atomic E-state index is 12.6. The van der Waals surface area contributed by atoms with Gasteiger partial charge in [-0.3, -0.25) is 0 Å². The van der Waals surface area contributed by atoms with Crippen LogP contribution in [0.3, 0.4) is 0 Å². The van der Waals surface area contributed by atoms with E-state index in [2.05, 4.69) is 0 Å². The predicted molar refractivity (Wildman–Crippen MR) is 58.7 cm³/mol. The molecule has 2 N–H and O–H groups in total. The molecule has 0 bridgehead atoms. The quantitative estimate of drug-likeness (QED) is 0.805. The molecule has 19 heavy (non-hydrogen) atoms. The van der Waals surface area contributed by atoms with Gasteiger partial charge in [0.2, 0.25) is 0 Å². The maximum absolute atomic E-state index is 12.6. The molecule has 0 heterocycles. The third kappa shape index (κ3) is 4.91. The van der Waals surface area contributed by atoms with Gasteiger partial charge in [-0.05, 0) is 24.1 Å². The summed E-state index contributed by atoms with van der Waals surface area (Å²) in [6, 6.07) is 1.73. The third-order valence-electron chi connectivity index (χ3n) is 2.46. The van der Waals surface area contributed by atoms with Gasteiger partial charge in [0.1, 0.15) is 0 Å². The molecule has 1 aromatic rings. The number of hydrogen-bond acceptors (Lipinski definition) is 1. The largest absolute Gasteiger partial charge is 0.417 e. The number of nitrogens with two attached hydrogens (primary N) is 1. The Hall–Kier alpha value is -0.950. The first-order chi connectivity index (χ1) is 8.50. The molecule has 0 aliphatic carbocycles. The van der Waals surface area contributed by atoms with Gasteiger partial charge in [0.25, 0.3) is 0 Å². The van der Waals surface area contributed by atoms with Crippen LogP contribution in [0.2, 0.25) is 5.02 Å². The number of benzene rings is 1. The Labute approximate surface area is 110 Å². The lowest BCUT2D eigenvalue weighted by atomic mass is 10.0. The molecule has 0 unspecified atom stereocenters. The summed E-state index contributed by atoms with van der Waals surface area (Å²) < 4.78 is 73.7. The number of halogens is 7. The third-order valence-corrected chi connectivity index (χ3v) is 2.79. The molecule has 1 rings (SSSR count). The van der Waals surface area contributed by atoms with Gasteiger partial charge in [-0.1, -0.05) is 17.7 Å². The minimum Gasteiger partial charge on any atom is -0.324 e. The van der Waals surface area contributed by atoms with Crippen molar-refractivity contribution in [3.05, 3.63) is 34.3 Å². The van der Waals surface area contributed by atoms with Gasteiger partial charge in [0.05, 0.1) is 10.6 Å². The molecule has 8 heteroatoms. The first kappa shape index (κ1) is 16.1.